The van der Waals surface area contributed by atoms with Crippen LogP contribution in [0.2, 0.25) is 0 Å². The highest BCUT2D eigenvalue weighted by Gasteiger charge is 2.08. The van der Waals surface area contributed by atoms with Gasteiger partial charge in [-0.3, -0.25) is 4.68 Å². The van der Waals surface area contributed by atoms with Crippen LogP contribution in [0.1, 0.15) is 17.5 Å². The molecule has 2 aromatic rings. The van der Waals surface area contributed by atoms with Crippen LogP contribution in [0.4, 0.5) is 4.39 Å². The highest BCUT2D eigenvalue weighted by molar-refractivity contribution is 5.18. The van der Waals surface area contributed by atoms with Crippen LogP contribution in [0.3, 0.4) is 0 Å². The minimum atomic E-state index is -0.172. The van der Waals surface area contributed by atoms with Gasteiger partial charge in [0.15, 0.2) is 0 Å². The van der Waals surface area contributed by atoms with E-state index in [1.165, 1.54) is 11.6 Å². The van der Waals surface area contributed by atoms with Gasteiger partial charge in [-0.25, -0.2) is 4.39 Å². The summed E-state index contributed by atoms with van der Waals surface area (Å²) >= 11 is 0. The fourth-order valence-corrected chi connectivity index (χ4v) is 2.00. The molecule has 0 aliphatic carbocycles. The van der Waals surface area contributed by atoms with Crippen LogP contribution in [0.5, 0.6) is 0 Å². The van der Waals surface area contributed by atoms with E-state index in [9.17, 15) is 4.39 Å². The number of nitrogens with two attached hydrogens (primary N) is 1. The highest BCUT2D eigenvalue weighted by Crippen LogP contribution is 2.11. The van der Waals surface area contributed by atoms with Crippen molar-refractivity contribution in [2.45, 2.75) is 25.3 Å². The topological polar surface area (TPSA) is 43.8 Å². The summed E-state index contributed by atoms with van der Waals surface area (Å²) in [5, 5.41) is 4.11. The maximum absolute atomic E-state index is 13.4. The Morgan fingerprint density at radius 2 is 2.17 bits per heavy atom. The maximum Gasteiger partial charge on any atom is 0.126 e. The SMILES string of the molecule is Cn1cc(CCC(N)Cc2ccccc2F)cn1. The molecule has 1 atom stereocenters. The number of rotatable bonds is 5. The first kappa shape index (κ1) is 12.8. The molecule has 0 saturated carbocycles. The molecule has 1 unspecified atom stereocenters. The van der Waals surface area contributed by atoms with Crippen molar-refractivity contribution in [1.29, 1.82) is 0 Å². The molecule has 1 aromatic carbocycles. The van der Waals surface area contributed by atoms with E-state index >= 15 is 0 Å². The Morgan fingerprint density at radius 3 is 2.83 bits per heavy atom. The van der Waals surface area contributed by atoms with Crippen LogP contribution in [-0.4, -0.2) is 15.8 Å². The molecule has 0 radical (unpaired) electrons. The van der Waals surface area contributed by atoms with Crippen molar-refractivity contribution in [3.05, 3.63) is 53.6 Å². The van der Waals surface area contributed by atoms with E-state index in [0.29, 0.717) is 12.0 Å². The summed E-state index contributed by atoms with van der Waals surface area (Å²) in [5.74, 6) is -0.172. The molecule has 3 nitrogen and oxygen atoms in total. The van der Waals surface area contributed by atoms with Crippen molar-refractivity contribution in [1.82, 2.24) is 9.78 Å². The second-order valence-electron chi connectivity index (χ2n) is 4.62. The summed E-state index contributed by atoms with van der Waals surface area (Å²) in [7, 11) is 1.89. The average molecular weight is 247 g/mol. The lowest BCUT2D eigenvalue weighted by molar-refractivity contribution is 0.566. The zero-order valence-corrected chi connectivity index (χ0v) is 10.5. The Hall–Kier alpha value is -1.68. The van der Waals surface area contributed by atoms with Crippen molar-refractivity contribution in [3.63, 3.8) is 0 Å². The van der Waals surface area contributed by atoms with Gasteiger partial charge in [-0.2, -0.15) is 5.10 Å². The highest BCUT2D eigenvalue weighted by atomic mass is 19.1. The minimum Gasteiger partial charge on any atom is -0.327 e. The lowest BCUT2D eigenvalue weighted by atomic mass is 10.0. The molecule has 0 fully saturated rings. The van der Waals surface area contributed by atoms with Crippen LogP contribution in [0.15, 0.2) is 36.7 Å². The minimum absolute atomic E-state index is 0.0258. The van der Waals surface area contributed by atoms with Crippen LogP contribution in [0, 0.1) is 5.82 Å². The van der Waals surface area contributed by atoms with Crippen LogP contribution in [-0.2, 0) is 19.9 Å². The second kappa shape index (κ2) is 5.78. The van der Waals surface area contributed by atoms with Gasteiger partial charge in [-0.1, -0.05) is 18.2 Å². The predicted octanol–water partition coefficient (Wildman–Crippen LogP) is 2.06. The predicted molar refractivity (Wildman–Crippen MR) is 69.6 cm³/mol. The molecule has 4 heteroatoms. The van der Waals surface area contributed by atoms with Crippen LogP contribution < -0.4 is 5.73 Å². The summed E-state index contributed by atoms with van der Waals surface area (Å²) in [6.45, 7) is 0. The lowest BCUT2D eigenvalue weighted by Crippen LogP contribution is -2.24. The summed E-state index contributed by atoms with van der Waals surface area (Å²) in [6, 6.07) is 6.77. The largest absolute Gasteiger partial charge is 0.327 e. The lowest BCUT2D eigenvalue weighted by Gasteiger charge is -2.11. The smallest absolute Gasteiger partial charge is 0.126 e. The van der Waals surface area contributed by atoms with Crippen molar-refractivity contribution >= 4 is 0 Å². The summed E-state index contributed by atoms with van der Waals surface area (Å²) in [5.41, 5.74) is 7.89. The molecule has 2 rings (SSSR count). The van der Waals surface area contributed by atoms with E-state index in [0.717, 1.165) is 12.8 Å². The Bertz CT molecular complexity index is 507. The molecule has 0 aliphatic heterocycles. The zero-order valence-electron chi connectivity index (χ0n) is 10.5. The van der Waals surface area contributed by atoms with E-state index in [-0.39, 0.29) is 11.9 Å². The number of halogens is 1. The summed E-state index contributed by atoms with van der Waals surface area (Å²) in [6.07, 6.45) is 6.11. The number of hydrogen-bond acceptors (Lipinski definition) is 2. The fraction of sp³-hybridized carbons (Fsp3) is 0.357. The average Bonchev–Trinajstić information content (AvgIpc) is 2.76. The number of hydrogen-bond donors (Lipinski definition) is 1. The van der Waals surface area contributed by atoms with Gasteiger partial charge < -0.3 is 5.73 Å². The van der Waals surface area contributed by atoms with Crippen molar-refractivity contribution < 1.29 is 4.39 Å². The summed E-state index contributed by atoms with van der Waals surface area (Å²) < 4.78 is 15.2. The molecule has 0 bridgehead atoms. The second-order valence-corrected chi connectivity index (χ2v) is 4.62. The van der Waals surface area contributed by atoms with Gasteiger partial charge in [-0.05, 0) is 36.5 Å². The third-order valence-corrected chi connectivity index (χ3v) is 3.00. The quantitative estimate of drug-likeness (QED) is 0.879. The Kier molecular flexibility index (Phi) is 4.10. The van der Waals surface area contributed by atoms with Crippen molar-refractivity contribution in [2.75, 3.05) is 0 Å². The Labute approximate surface area is 106 Å². The standard InChI is InChI=1S/C14H18FN3/c1-18-10-11(9-17-18)6-7-13(16)8-12-4-2-3-5-14(12)15/h2-5,9-10,13H,6-8,16H2,1H3. The monoisotopic (exact) mass is 247 g/mol. The summed E-state index contributed by atoms with van der Waals surface area (Å²) in [4.78, 5) is 0. The first-order chi connectivity index (χ1) is 8.65. The van der Waals surface area contributed by atoms with Gasteiger partial charge >= 0.3 is 0 Å². The molecule has 1 heterocycles. The van der Waals surface area contributed by atoms with Gasteiger partial charge in [0.05, 0.1) is 6.20 Å². The van der Waals surface area contributed by atoms with E-state index in [2.05, 4.69) is 5.10 Å². The van der Waals surface area contributed by atoms with Crippen LogP contribution >= 0.6 is 0 Å². The van der Waals surface area contributed by atoms with Gasteiger partial charge in [0.1, 0.15) is 5.82 Å². The zero-order chi connectivity index (χ0) is 13.0. The number of aryl methyl sites for hydroxylation is 2. The van der Waals surface area contributed by atoms with Crippen molar-refractivity contribution in [2.24, 2.45) is 12.8 Å². The molecule has 0 amide bonds. The number of aromatic nitrogens is 2. The molecular formula is C14H18FN3. The van der Waals surface area contributed by atoms with E-state index in [4.69, 9.17) is 5.73 Å². The van der Waals surface area contributed by atoms with Gasteiger partial charge in [0.25, 0.3) is 0 Å². The molecule has 18 heavy (non-hydrogen) atoms. The normalized spacial score (nSPS) is 12.6. The van der Waals surface area contributed by atoms with E-state index < -0.39 is 0 Å². The Balaban J connectivity index is 1.85. The molecule has 0 saturated heterocycles. The molecule has 1 aromatic heterocycles. The van der Waals surface area contributed by atoms with Gasteiger partial charge in [0, 0.05) is 19.3 Å². The maximum atomic E-state index is 13.4. The van der Waals surface area contributed by atoms with Crippen molar-refractivity contribution in [3.8, 4) is 0 Å². The van der Waals surface area contributed by atoms with E-state index in [1.54, 1.807) is 16.8 Å². The molecule has 0 spiro atoms. The molecule has 0 aliphatic rings. The van der Waals surface area contributed by atoms with Crippen LogP contribution in [0.25, 0.3) is 0 Å². The fourth-order valence-electron chi connectivity index (χ4n) is 2.00. The van der Waals surface area contributed by atoms with Gasteiger partial charge in [-0.15, -0.1) is 0 Å². The van der Waals surface area contributed by atoms with E-state index in [1.807, 2.05) is 25.5 Å². The van der Waals surface area contributed by atoms with Gasteiger partial charge in [0.2, 0.25) is 0 Å². The molecular weight excluding hydrogens is 229 g/mol. The third kappa shape index (κ3) is 3.40. The first-order valence-corrected chi connectivity index (χ1v) is 6.11. The Morgan fingerprint density at radius 1 is 1.39 bits per heavy atom. The number of nitrogens with zero attached hydrogens (tertiary/aromatic N) is 2. The first-order valence-electron chi connectivity index (χ1n) is 6.11. The molecule has 96 valence electrons. The third-order valence-electron chi connectivity index (χ3n) is 3.00. The molecule has 2 N–H and O–H groups in total. The number of benzene rings is 1.